The van der Waals surface area contributed by atoms with E-state index in [4.69, 9.17) is 17.0 Å². The molecule has 3 rings (SSSR count). The van der Waals surface area contributed by atoms with Gasteiger partial charge in [0.1, 0.15) is 11.3 Å². The number of benzene rings is 1. The fourth-order valence-corrected chi connectivity index (χ4v) is 2.84. The lowest BCUT2D eigenvalue weighted by atomic mass is 10.1. The number of aromatic amines is 1. The number of H-pyrrole nitrogens is 1. The van der Waals surface area contributed by atoms with Crippen molar-refractivity contribution in [3.8, 4) is 0 Å². The summed E-state index contributed by atoms with van der Waals surface area (Å²) in [5, 5.41) is 0. The maximum atomic E-state index is 13.6. The number of fused-ring (bicyclic) bond motifs is 1. The lowest BCUT2D eigenvalue weighted by Crippen LogP contribution is -2.16. The van der Waals surface area contributed by atoms with Crippen molar-refractivity contribution in [2.75, 3.05) is 6.61 Å². The van der Waals surface area contributed by atoms with Crippen molar-refractivity contribution in [3.63, 3.8) is 0 Å². The summed E-state index contributed by atoms with van der Waals surface area (Å²) in [5.41, 5.74) is 1.30. The first-order chi connectivity index (χ1) is 8.18. The molecule has 2 heterocycles. The van der Waals surface area contributed by atoms with Gasteiger partial charge in [0.25, 0.3) is 0 Å². The molecule has 0 spiro atoms. The molecule has 90 valence electrons. The zero-order chi connectivity index (χ0) is 12.0. The molecule has 1 aromatic carbocycles. The minimum Gasteiger partial charge on any atom is -0.376 e. The second kappa shape index (κ2) is 3.92. The van der Waals surface area contributed by atoms with Crippen molar-refractivity contribution in [1.29, 1.82) is 0 Å². The standard InChI is InChI=1S/C12H13FN2OS/c1-7-9(5-6-16-7)15-10-4-2-3-8(13)11(10)14-12(15)17/h2-4,7,9H,5-6H2,1H3,(H,14,17). The fourth-order valence-electron chi connectivity index (χ4n) is 2.50. The minimum absolute atomic E-state index is 0.115. The van der Waals surface area contributed by atoms with E-state index < -0.39 is 0 Å². The smallest absolute Gasteiger partial charge is 0.178 e. The molecule has 2 atom stereocenters. The molecular weight excluding hydrogens is 239 g/mol. The second-order valence-electron chi connectivity index (χ2n) is 4.37. The van der Waals surface area contributed by atoms with Crippen molar-refractivity contribution < 1.29 is 9.13 Å². The van der Waals surface area contributed by atoms with Crippen LogP contribution in [0.5, 0.6) is 0 Å². The van der Waals surface area contributed by atoms with Crippen LogP contribution < -0.4 is 0 Å². The van der Waals surface area contributed by atoms with Crippen LogP contribution in [0.4, 0.5) is 4.39 Å². The number of para-hydroxylation sites is 1. The Morgan fingerprint density at radius 2 is 2.35 bits per heavy atom. The highest BCUT2D eigenvalue weighted by Crippen LogP contribution is 2.30. The van der Waals surface area contributed by atoms with Crippen molar-refractivity contribution in [2.45, 2.75) is 25.5 Å². The van der Waals surface area contributed by atoms with E-state index in [0.29, 0.717) is 10.3 Å². The number of aromatic nitrogens is 2. The predicted octanol–water partition coefficient (Wildman–Crippen LogP) is 3.19. The number of imidazole rings is 1. The van der Waals surface area contributed by atoms with Crippen molar-refractivity contribution in [1.82, 2.24) is 9.55 Å². The molecule has 2 aromatic rings. The summed E-state index contributed by atoms with van der Waals surface area (Å²) >= 11 is 5.29. The SMILES string of the molecule is CC1OCCC1n1c(=S)[nH]c2c(F)cccc21. The number of ether oxygens (including phenoxy) is 1. The summed E-state index contributed by atoms with van der Waals surface area (Å²) in [5.74, 6) is -0.265. The molecule has 0 radical (unpaired) electrons. The molecule has 1 aromatic heterocycles. The van der Waals surface area contributed by atoms with E-state index in [0.717, 1.165) is 18.5 Å². The quantitative estimate of drug-likeness (QED) is 0.790. The monoisotopic (exact) mass is 252 g/mol. The number of nitrogens with zero attached hydrogens (tertiary/aromatic N) is 1. The van der Waals surface area contributed by atoms with Crippen LogP contribution in [0.15, 0.2) is 18.2 Å². The zero-order valence-corrected chi connectivity index (χ0v) is 10.3. The van der Waals surface area contributed by atoms with Gasteiger partial charge in [0.2, 0.25) is 0 Å². The van der Waals surface area contributed by atoms with Gasteiger partial charge in [-0.05, 0) is 37.7 Å². The number of halogens is 1. The number of hydrogen-bond acceptors (Lipinski definition) is 2. The Kier molecular flexibility index (Phi) is 2.52. The van der Waals surface area contributed by atoms with Gasteiger partial charge in [-0.15, -0.1) is 0 Å². The summed E-state index contributed by atoms with van der Waals surface area (Å²) in [6, 6.07) is 5.22. The Morgan fingerprint density at radius 3 is 3.06 bits per heavy atom. The zero-order valence-electron chi connectivity index (χ0n) is 9.44. The van der Waals surface area contributed by atoms with E-state index in [2.05, 4.69) is 4.98 Å². The first-order valence-corrected chi connectivity index (χ1v) is 6.09. The first-order valence-electron chi connectivity index (χ1n) is 5.69. The number of nitrogens with one attached hydrogen (secondary N) is 1. The first kappa shape index (κ1) is 10.9. The molecule has 2 unspecified atom stereocenters. The molecule has 1 aliphatic rings. The van der Waals surface area contributed by atoms with E-state index in [1.807, 2.05) is 17.6 Å². The Morgan fingerprint density at radius 1 is 1.53 bits per heavy atom. The van der Waals surface area contributed by atoms with Crippen LogP contribution in [0.1, 0.15) is 19.4 Å². The van der Waals surface area contributed by atoms with Crippen LogP contribution in [0.25, 0.3) is 11.0 Å². The summed E-state index contributed by atoms with van der Waals surface area (Å²) in [4.78, 5) is 2.94. The molecule has 1 saturated heterocycles. The summed E-state index contributed by atoms with van der Waals surface area (Å²) in [7, 11) is 0. The maximum Gasteiger partial charge on any atom is 0.178 e. The molecule has 0 amide bonds. The van der Waals surface area contributed by atoms with Crippen molar-refractivity contribution >= 4 is 23.3 Å². The Balaban J connectivity index is 2.25. The normalized spacial score (nSPS) is 24.6. The van der Waals surface area contributed by atoms with Gasteiger partial charge < -0.3 is 14.3 Å². The molecule has 1 N–H and O–H groups in total. The van der Waals surface area contributed by atoms with Crippen LogP contribution >= 0.6 is 12.2 Å². The average molecular weight is 252 g/mol. The van der Waals surface area contributed by atoms with Crippen LogP contribution in [0.2, 0.25) is 0 Å². The summed E-state index contributed by atoms with van der Waals surface area (Å²) < 4.78 is 21.7. The average Bonchev–Trinajstić information content (AvgIpc) is 2.83. The molecule has 0 aliphatic carbocycles. The van der Waals surface area contributed by atoms with Crippen LogP contribution in [0.3, 0.4) is 0 Å². The van der Waals surface area contributed by atoms with Crippen molar-refractivity contribution in [3.05, 3.63) is 28.8 Å². The van der Waals surface area contributed by atoms with Crippen LogP contribution in [-0.2, 0) is 4.74 Å². The minimum atomic E-state index is -0.265. The highest BCUT2D eigenvalue weighted by molar-refractivity contribution is 7.71. The predicted molar refractivity (Wildman–Crippen MR) is 66.1 cm³/mol. The van der Waals surface area contributed by atoms with Gasteiger partial charge >= 0.3 is 0 Å². The van der Waals surface area contributed by atoms with Gasteiger partial charge in [-0.3, -0.25) is 0 Å². The van der Waals surface area contributed by atoms with Gasteiger partial charge in [-0.1, -0.05) is 6.07 Å². The lowest BCUT2D eigenvalue weighted by Gasteiger charge is -2.16. The molecule has 3 nitrogen and oxygen atoms in total. The molecule has 1 fully saturated rings. The van der Waals surface area contributed by atoms with E-state index >= 15 is 0 Å². The Hall–Kier alpha value is -1.20. The number of hydrogen-bond donors (Lipinski definition) is 1. The van der Waals surface area contributed by atoms with E-state index in [1.54, 1.807) is 6.07 Å². The largest absolute Gasteiger partial charge is 0.376 e. The van der Waals surface area contributed by atoms with Gasteiger partial charge in [0, 0.05) is 6.61 Å². The van der Waals surface area contributed by atoms with Gasteiger partial charge in [-0.2, -0.15) is 0 Å². The van der Waals surface area contributed by atoms with Gasteiger partial charge in [-0.25, -0.2) is 4.39 Å². The van der Waals surface area contributed by atoms with E-state index in [1.165, 1.54) is 6.07 Å². The number of rotatable bonds is 1. The third-order valence-corrected chi connectivity index (χ3v) is 3.67. The third kappa shape index (κ3) is 1.61. The summed E-state index contributed by atoms with van der Waals surface area (Å²) in [6.07, 6.45) is 1.03. The highest BCUT2D eigenvalue weighted by atomic mass is 32.1. The Bertz CT molecular complexity index is 618. The molecule has 1 aliphatic heterocycles. The summed E-state index contributed by atoms with van der Waals surface area (Å²) in [6.45, 7) is 2.76. The van der Waals surface area contributed by atoms with Crippen LogP contribution in [0, 0.1) is 10.6 Å². The molecule has 0 saturated carbocycles. The lowest BCUT2D eigenvalue weighted by molar-refractivity contribution is 0.108. The molecule has 17 heavy (non-hydrogen) atoms. The van der Waals surface area contributed by atoms with E-state index in [9.17, 15) is 4.39 Å². The van der Waals surface area contributed by atoms with E-state index in [-0.39, 0.29) is 18.0 Å². The highest BCUT2D eigenvalue weighted by Gasteiger charge is 2.28. The van der Waals surface area contributed by atoms with Crippen molar-refractivity contribution in [2.24, 2.45) is 0 Å². The van der Waals surface area contributed by atoms with Gasteiger partial charge in [0.05, 0.1) is 17.7 Å². The van der Waals surface area contributed by atoms with Gasteiger partial charge in [0.15, 0.2) is 4.77 Å². The molecule has 5 heteroatoms. The molecule has 0 bridgehead atoms. The Labute approximate surface area is 103 Å². The van der Waals surface area contributed by atoms with Crippen LogP contribution in [-0.4, -0.2) is 22.3 Å². The second-order valence-corrected chi connectivity index (χ2v) is 4.75. The third-order valence-electron chi connectivity index (χ3n) is 3.37. The fraction of sp³-hybridized carbons (Fsp3) is 0.417. The maximum absolute atomic E-state index is 13.6. The molecular formula is C12H13FN2OS. The topological polar surface area (TPSA) is 29.9 Å².